The largest absolute Gasteiger partial charge is 0.507 e. The Morgan fingerprint density at radius 2 is 1.91 bits per heavy atom. The average Bonchev–Trinajstić information content (AvgIpc) is 2.04. The number of carbonyl (C=O) groups is 2. The van der Waals surface area contributed by atoms with E-state index in [4.69, 9.17) is 5.11 Å². The van der Waals surface area contributed by atoms with Crippen molar-refractivity contribution < 1.29 is 14.7 Å². The predicted octanol–water partition coefficient (Wildman–Crippen LogP) is 1.02. The van der Waals surface area contributed by atoms with Crippen LogP contribution in [0.25, 0.3) is 0 Å². The molecule has 1 aromatic rings. The Bertz CT molecular complexity index is 291. The molecule has 3 nitrogen and oxygen atoms in total. The highest BCUT2D eigenvalue weighted by molar-refractivity contribution is 5.92. The van der Waals surface area contributed by atoms with E-state index < -0.39 is 0 Å². The normalized spacial score (nSPS) is 9.09. The minimum atomic E-state index is -0.162. The topological polar surface area (TPSA) is 54.4 Å². The molecule has 0 aliphatic rings. The molecular weight excluding hydrogens is 144 g/mol. The first-order chi connectivity index (χ1) is 5.29. The summed E-state index contributed by atoms with van der Waals surface area (Å²) in [5.41, 5.74) is 0.252. The summed E-state index contributed by atoms with van der Waals surface area (Å²) in [5.74, 6) is -0.162. The molecule has 56 valence electrons. The zero-order valence-electron chi connectivity index (χ0n) is 5.65. The number of phenols is 1. The van der Waals surface area contributed by atoms with Gasteiger partial charge >= 0.3 is 0 Å². The maximum Gasteiger partial charge on any atom is 0.154 e. The minimum absolute atomic E-state index is 0.0440. The highest BCUT2D eigenvalue weighted by Gasteiger charge is 2.03. The Labute approximate surface area is 63.3 Å². The highest BCUT2D eigenvalue weighted by Crippen LogP contribution is 2.16. The smallest absolute Gasteiger partial charge is 0.154 e. The van der Waals surface area contributed by atoms with Crippen LogP contribution in [-0.2, 0) is 0 Å². The number of aromatic hydroxyl groups is 1. The van der Waals surface area contributed by atoms with Crippen molar-refractivity contribution >= 4 is 12.6 Å². The molecule has 1 rings (SSSR count). The number of hydrogen-bond acceptors (Lipinski definition) is 3. The van der Waals surface area contributed by atoms with Crippen LogP contribution in [-0.4, -0.2) is 17.7 Å². The van der Waals surface area contributed by atoms with Crippen molar-refractivity contribution in [2.75, 3.05) is 0 Å². The van der Waals surface area contributed by atoms with Gasteiger partial charge in [-0.25, -0.2) is 0 Å². The molecule has 0 saturated heterocycles. The van der Waals surface area contributed by atoms with E-state index in [0.717, 1.165) is 0 Å². The van der Waals surface area contributed by atoms with Gasteiger partial charge in [0, 0.05) is 5.56 Å². The standard InChI is InChI=1S/C8H6O3/c9-4-6-2-1-3-8(11)7(6)5-10/h1-5,11H. The van der Waals surface area contributed by atoms with Crippen LogP contribution in [0, 0.1) is 0 Å². The van der Waals surface area contributed by atoms with Crippen LogP contribution >= 0.6 is 0 Å². The predicted molar refractivity (Wildman–Crippen MR) is 38.9 cm³/mol. The highest BCUT2D eigenvalue weighted by atomic mass is 16.3. The number of benzene rings is 1. The summed E-state index contributed by atoms with van der Waals surface area (Å²) in [6.45, 7) is 0. The van der Waals surface area contributed by atoms with Crippen molar-refractivity contribution in [3.63, 3.8) is 0 Å². The van der Waals surface area contributed by atoms with E-state index in [9.17, 15) is 9.59 Å². The van der Waals surface area contributed by atoms with E-state index in [2.05, 4.69) is 0 Å². The van der Waals surface area contributed by atoms with Crippen molar-refractivity contribution in [2.45, 2.75) is 0 Å². The third-order valence-corrected chi connectivity index (χ3v) is 1.36. The molecule has 0 atom stereocenters. The van der Waals surface area contributed by atoms with Crippen molar-refractivity contribution in [1.29, 1.82) is 0 Å². The van der Waals surface area contributed by atoms with Crippen molar-refractivity contribution in [3.8, 4) is 5.75 Å². The van der Waals surface area contributed by atoms with Gasteiger partial charge in [0.25, 0.3) is 0 Å². The Kier molecular flexibility index (Phi) is 2.01. The van der Waals surface area contributed by atoms with E-state index in [0.29, 0.717) is 12.6 Å². The monoisotopic (exact) mass is 150 g/mol. The maximum atomic E-state index is 10.3. The Balaban J connectivity index is 3.35. The quantitative estimate of drug-likeness (QED) is 0.640. The van der Waals surface area contributed by atoms with Crippen LogP contribution in [0.3, 0.4) is 0 Å². The SMILES string of the molecule is O=Cc1cccc(O)c1C=O. The van der Waals surface area contributed by atoms with Crippen LogP contribution in [0.4, 0.5) is 0 Å². The van der Waals surface area contributed by atoms with E-state index in [1.165, 1.54) is 18.2 Å². The van der Waals surface area contributed by atoms with Gasteiger partial charge in [0.05, 0.1) is 5.56 Å². The Hall–Kier alpha value is -1.64. The molecule has 0 aromatic heterocycles. The van der Waals surface area contributed by atoms with E-state index >= 15 is 0 Å². The summed E-state index contributed by atoms with van der Waals surface area (Å²) in [7, 11) is 0. The number of rotatable bonds is 2. The maximum absolute atomic E-state index is 10.3. The number of phenolic OH excluding ortho intramolecular Hbond substituents is 1. The van der Waals surface area contributed by atoms with Gasteiger partial charge in [-0.15, -0.1) is 0 Å². The molecule has 0 heterocycles. The second-order valence-electron chi connectivity index (χ2n) is 2.02. The van der Waals surface area contributed by atoms with E-state index in [-0.39, 0.29) is 16.9 Å². The summed E-state index contributed by atoms with van der Waals surface area (Å²) in [6, 6.07) is 4.33. The molecule has 0 radical (unpaired) electrons. The molecule has 0 spiro atoms. The summed E-state index contributed by atoms with van der Waals surface area (Å²) < 4.78 is 0. The van der Waals surface area contributed by atoms with Gasteiger partial charge in [-0.3, -0.25) is 9.59 Å². The van der Waals surface area contributed by atoms with Crippen LogP contribution < -0.4 is 0 Å². The number of carbonyl (C=O) groups excluding carboxylic acids is 2. The van der Waals surface area contributed by atoms with Crippen LogP contribution in [0.5, 0.6) is 5.75 Å². The number of aldehydes is 2. The summed E-state index contributed by atoms with van der Waals surface area (Å²) in [5, 5.41) is 9.03. The van der Waals surface area contributed by atoms with E-state index in [1.54, 1.807) is 0 Å². The lowest BCUT2D eigenvalue weighted by atomic mass is 10.1. The first-order valence-electron chi connectivity index (χ1n) is 3.02. The molecule has 11 heavy (non-hydrogen) atoms. The molecule has 3 heteroatoms. The van der Waals surface area contributed by atoms with Crippen molar-refractivity contribution in [2.24, 2.45) is 0 Å². The van der Waals surface area contributed by atoms with E-state index in [1.807, 2.05) is 0 Å². The van der Waals surface area contributed by atoms with Crippen molar-refractivity contribution in [3.05, 3.63) is 29.3 Å². The van der Waals surface area contributed by atoms with Crippen LogP contribution in [0.15, 0.2) is 18.2 Å². The Morgan fingerprint density at radius 3 is 2.36 bits per heavy atom. The molecule has 0 saturated carbocycles. The molecule has 0 fully saturated rings. The average molecular weight is 150 g/mol. The fourth-order valence-electron chi connectivity index (χ4n) is 0.802. The molecule has 1 N–H and O–H groups in total. The molecule has 0 amide bonds. The van der Waals surface area contributed by atoms with Crippen LogP contribution in [0.1, 0.15) is 20.7 Å². The minimum Gasteiger partial charge on any atom is -0.507 e. The molecule has 0 unspecified atom stereocenters. The molecule has 0 aliphatic carbocycles. The lowest BCUT2D eigenvalue weighted by Gasteiger charge is -1.97. The van der Waals surface area contributed by atoms with Gasteiger partial charge < -0.3 is 5.11 Å². The lowest BCUT2D eigenvalue weighted by Crippen LogP contribution is -1.89. The summed E-state index contributed by atoms with van der Waals surface area (Å²) in [4.78, 5) is 20.6. The van der Waals surface area contributed by atoms with Crippen molar-refractivity contribution in [1.82, 2.24) is 0 Å². The molecule has 1 aromatic carbocycles. The van der Waals surface area contributed by atoms with Gasteiger partial charge in [-0.2, -0.15) is 0 Å². The zero-order valence-corrected chi connectivity index (χ0v) is 5.65. The van der Waals surface area contributed by atoms with Gasteiger partial charge in [0.2, 0.25) is 0 Å². The second kappa shape index (κ2) is 2.96. The van der Waals surface area contributed by atoms with Gasteiger partial charge in [-0.1, -0.05) is 12.1 Å². The van der Waals surface area contributed by atoms with Gasteiger partial charge in [0.1, 0.15) is 5.75 Å². The number of hydrogen-bond donors (Lipinski definition) is 1. The molecule has 0 bridgehead atoms. The molecule has 0 aliphatic heterocycles. The zero-order chi connectivity index (χ0) is 8.27. The van der Waals surface area contributed by atoms with Crippen LogP contribution in [0.2, 0.25) is 0 Å². The first-order valence-corrected chi connectivity index (χ1v) is 3.02. The summed E-state index contributed by atoms with van der Waals surface area (Å²) in [6.07, 6.45) is 0.989. The lowest BCUT2D eigenvalue weighted by molar-refractivity contribution is 0.109. The van der Waals surface area contributed by atoms with Gasteiger partial charge in [-0.05, 0) is 6.07 Å². The fraction of sp³-hybridized carbons (Fsp3) is 0. The molecular formula is C8H6O3. The second-order valence-corrected chi connectivity index (χ2v) is 2.02. The summed E-state index contributed by atoms with van der Waals surface area (Å²) >= 11 is 0. The first kappa shape index (κ1) is 7.47. The Morgan fingerprint density at radius 1 is 1.18 bits per heavy atom. The fourth-order valence-corrected chi connectivity index (χ4v) is 0.802. The third kappa shape index (κ3) is 1.26. The van der Waals surface area contributed by atoms with Gasteiger partial charge in [0.15, 0.2) is 12.6 Å². The third-order valence-electron chi connectivity index (χ3n) is 1.36.